The molecular weight excluding hydrogens is 262 g/mol. The maximum atomic E-state index is 10.0. The Bertz CT molecular complexity index is 278. The van der Waals surface area contributed by atoms with Gasteiger partial charge in [-0.25, -0.2) is 0 Å². The highest BCUT2D eigenvalue weighted by atomic mass is 16.3. The molecule has 0 aliphatic carbocycles. The number of unbranched alkanes of at least 4 members (excludes halogenated alkanes) is 6. The molecule has 0 saturated heterocycles. The average molecular weight is 297 g/mol. The molecule has 0 saturated carbocycles. The largest absolute Gasteiger partial charge is 0.393 e. The number of aliphatic hydroxyl groups excluding tert-OH is 2. The van der Waals surface area contributed by atoms with Crippen molar-refractivity contribution in [2.24, 2.45) is 4.99 Å². The van der Waals surface area contributed by atoms with Crippen molar-refractivity contribution in [2.45, 2.75) is 103 Å². The molecule has 21 heavy (non-hydrogen) atoms. The summed E-state index contributed by atoms with van der Waals surface area (Å²) in [6, 6.07) is 0. The molecule has 1 heterocycles. The van der Waals surface area contributed by atoms with E-state index < -0.39 is 6.10 Å². The van der Waals surface area contributed by atoms with E-state index in [-0.39, 0.29) is 6.10 Å². The lowest BCUT2D eigenvalue weighted by Crippen LogP contribution is -2.22. The van der Waals surface area contributed by atoms with Crippen LogP contribution in [0.25, 0.3) is 0 Å². The summed E-state index contributed by atoms with van der Waals surface area (Å²) in [7, 11) is 0. The summed E-state index contributed by atoms with van der Waals surface area (Å²) in [5.41, 5.74) is 1.15. The van der Waals surface area contributed by atoms with E-state index in [1.165, 1.54) is 51.4 Å². The van der Waals surface area contributed by atoms with Gasteiger partial charge in [0.05, 0.1) is 12.2 Å². The summed E-state index contributed by atoms with van der Waals surface area (Å²) < 4.78 is 0. The van der Waals surface area contributed by atoms with Gasteiger partial charge in [-0.1, -0.05) is 51.9 Å². The fourth-order valence-electron chi connectivity index (χ4n) is 3.05. The third-order valence-electron chi connectivity index (χ3n) is 4.37. The molecule has 1 aliphatic heterocycles. The smallest absolute Gasteiger partial charge is 0.0616 e. The molecule has 1 rings (SSSR count). The molecule has 0 aromatic carbocycles. The van der Waals surface area contributed by atoms with Crippen LogP contribution in [0.1, 0.15) is 90.4 Å². The summed E-state index contributed by atoms with van der Waals surface area (Å²) in [5.74, 6) is 0. The number of hydrogen-bond acceptors (Lipinski definition) is 3. The molecule has 0 amide bonds. The van der Waals surface area contributed by atoms with Crippen LogP contribution < -0.4 is 0 Å². The fourth-order valence-corrected chi connectivity index (χ4v) is 3.05. The highest BCUT2D eigenvalue weighted by molar-refractivity contribution is 5.85. The summed E-state index contributed by atoms with van der Waals surface area (Å²) in [6.07, 6.45) is 13.5. The first kappa shape index (κ1) is 18.6. The van der Waals surface area contributed by atoms with Crippen LogP contribution in [-0.2, 0) is 0 Å². The van der Waals surface area contributed by atoms with Crippen molar-refractivity contribution in [3.05, 3.63) is 0 Å². The number of rotatable bonds is 12. The van der Waals surface area contributed by atoms with Gasteiger partial charge in [-0.3, -0.25) is 4.99 Å². The summed E-state index contributed by atoms with van der Waals surface area (Å²) >= 11 is 0. The molecular formula is C18H35NO2. The van der Waals surface area contributed by atoms with Gasteiger partial charge < -0.3 is 10.2 Å². The van der Waals surface area contributed by atoms with Crippen molar-refractivity contribution >= 4 is 5.71 Å². The lowest BCUT2D eigenvalue weighted by atomic mass is 9.98. The maximum Gasteiger partial charge on any atom is 0.0616 e. The molecule has 0 aromatic rings. The maximum absolute atomic E-state index is 10.0. The summed E-state index contributed by atoms with van der Waals surface area (Å²) in [6.45, 7) is 3.16. The quantitative estimate of drug-likeness (QED) is 0.529. The van der Waals surface area contributed by atoms with Crippen LogP contribution in [0.3, 0.4) is 0 Å². The first-order valence-electron chi connectivity index (χ1n) is 9.10. The monoisotopic (exact) mass is 297 g/mol. The normalized spacial score (nSPS) is 18.3. The van der Waals surface area contributed by atoms with Crippen molar-refractivity contribution < 1.29 is 10.2 Å². The van der Waals surface area contributed by atoms with Gasteiger partial charge in [-0.05, 0) is 32.1 Å². The number of aliphatic hydroxyl groups is 2. The van der Waals surface area contributed by atoms with Gasteiger partial charge in [0.1, 0.15) is 0 Å². The molecule has 0 aromatic heterocycles. The van der Waals surface area contributed by atoms with Crippen LogP contribution in [0.15, 0.2) is 4.99 Å². The molecule has 3 nitrogen and oxygen atoms in total. The van der Waals surface area contributed by atoms with Gasteiger partial charge >= 0.3 is 0 Å². The van der Waals surface area contributed by atoms with Crippen molar-refractivity contribution in [3.63, 3.8) is 0 Å². The first-order valence-corrected chi connectivity index (χ1v) is 9.10. The minimum atomic E-state index is -0.415. The van der Waals surface area contributed by atoms with Crippen LogP contribution in [-0.4, -0.2) is 34.7 Å². The number of nitrogens with zero attached hydrogens (tertiary/aromatic N) is 1. The highest BCUT2D eigenvalue weighted by Gasteiger charge is 2.15. The minimum absolute atomic E-state index is 0.347. The second kappa shape index (κ2) is 12.2. The van der Waals surface area contributed by atoms with Crippen LogP contribution in [0.4, 0.5) is 0 Å². The van der Waals surface area contributed by atoms with E-state index in [0.717, 1.165) is 31.5 Å². The Hall–Kier alpha value is -0.410. The van der Waals surface area contributed by atoms with Gasteiger partial charge in [0.2, 0.25) is 0 Å². The van der Waals surface area contributed by atoms with E-state index in [2.05, 4.69) is 11.9 Å². The molecule has 1 aliphatic rings. The zero-order chi connectivity index (χ0) is 15.3. The summed E-state index contributed by atoms with van der Waals surface area (Å²) in [4.78, 5) is 4.46. The number of hydrogen-bond donors (Lipinski definition) is 2. The van der Waals surface area contributed by atoms with Gasteiger partial charge in [-0.15, -0.1) is 0 Å². The Morgan fingerprint density at radius 1 is 0.952 bits per heavy atom. The standard InChI is InChI=1S/C18H35NO2/c1-2-3-4-5-6-7-8-12-17(20)15-18(21)14-16-11-9-10-13-19-16/h17-18,20-21H,2-15H2,1H3/t17-,18+/m1/s1. The van der Waals surface area contributed by atoms with E-state index in [1.54, 1.807) is 0 Å². The molecule has 0 fully saturated rings. The van der Waals surface area contributed by atoms with E-state index in [9.17, 15) is 10.2 Å². The van der Waals surface area contributed by atoms with Crippen molar-refractivity contribution in [2.75, 3.05) is 6.54 Å². The molecule has 3 heteroatoms. The van der Waals surface area contributed by atoms with Crippen LogP contribution in [0.2, 0.25) is 0 Å². The summed E-state index contributed by atoms with van der Waals surface area (Å²) in [5, 5.41) is 20.0. The lowest BCUT2D eigenvalue weighted by Gasteiger charge is -2.18. The Balaban J connectivity index is 1.99. The van der Waals surface area contributed by atoms with Crippen molar-refractivity contribution in [3.8, 4) is 0 Å². The van der Waals surface area contributed by atoms with Gasteiger partial charge in [0.25, 0.3) is 0 Å². The minimum Gasteiger partial charge on any atom is -0.393 e. The SMILES string of the molecule is CCCCCCCCC[C@@H](O)C[C@@H](O)CC1=NCCCC1. The molecule has 124 valence electrons. The highest BCUT2D eigenvalue weighted by Crippen LogP contribution is 2.16. The first-order chi connectivity index (χ1) is 10.2. The van der Waals surface area contributed by atoms with Gasteiger partial charge in [-0.2, -0.15) is 0 Å². The molecule has 0 unspecified atom stereocenters. The predicted molar refractivity (Wildman–Crippen MR) is 90.0 cm³/mol. The van der Waals surface area contributed by atoms with Gasteiger partial charge in [0, 0.05) is 18.7 Å². The van der Waals surface area contributed by atoms with Gasteiger partial charge in [0.15, 0.2) is 0 Å². The zero-order valence-electron chi connectivity index (χ0n) is 13.9. The van der Waals surface area contributed by atoms with Crippen LogP contribution >= 0.6 is 0 Å². The van der Waals surface area contributed by atoms with Crippen molar-refractivity contribution in [1.29, 1.82) is 0 Å². The van der Waals surface area contributed by atoms with E-state index >= 15 is 0 Å². The second-order valence-corrected chi connectivity index (χ2v) is 6.56. The van der Waals surface area contributed by atoms with Crippen LogP contribution in [0, 0.1) is 0 Å². The molecule has 0 spiro atoms. The third kappa shape index (κ3) is 10.0. The molecule has 0 bridgehead atoms. The topological polar surface area (TPSA) is 52.8 Å². The van der Waals surface area contributed by atoms with Crippen molar-refractivity contribution in [1.82, 2.24) is 0 Å². The lowest BCUT2D eigenvalue weighted by molar-refractivity contribution is 0.0774. The third-order valence-corrected chi connectivity index (χ3v) is 4.37. The predicted octanol–water partition coefficient (Wildman–Crippen LogP) is 4.25. The van der Waals surface area contributed by atoms with Crippen LogP contribution in [0.5, 0.6) is 0 Å². The average Bonchev–Trinajstić information content (AvgIpc) is 2.47. The molecule has 2 N–H and O–H groups in total. The van der Waals surface area contributed by atoms with E-state index in [0.29, 0.717) is 12.8 Å². The second-order valence-electron chi connectivity index (χ2n) is 6.56. The fraction of sp³-hybridized carbons (Fsp3) is 0.944. The Labute approximate surface area is 130 Å². The van der Waals surface area contributed by atoms with E-state index in [1.807, 2.05) is 0 Å². The number of aliphatic imine (C=N–C) groups is 1. The Morgan fingerprint density at radius 2 is 1.67 bits per heavy atom. The Kier molecular flexibility index (Phi) is 10.8. The van der Waals surface area contributed by atoms with E-state index in [4.69, 9.17) is 0 Å². The molecule has 2 atom stereocenters. The Morgan fingerprint density at radius 3 is 2.33 bits per heavy atom. The molecule has 0 radical (unpaired) electrons. The zero-order valence-corrected chi connectivity index (χ0v) is 13.9.